The molecular formula is C10H13P. The third-order valence-corrected chi connectivity index (χ3v) is 2.21. The molecule has 0 amide bonds. The van der Waals surface area contributed by atoms with Gasteiger partial charge in [0.1, 0.15) is 0 Å². The minimum Gasteiger partial charge on any atom is -0.0987 e. The van der Waals surface area contributed by atoms with Crippen molar-refractivity contribution in [2.45, 2.75) is 6.92 Å². The normalized spacial score (nSPS) is 11.7. The van der Waals surface area contributed by atoms with Crippen LogP contribution in [-0.4, -0.2) is 6.16 Å². The fraction of sp³-hybridized carbons (Fsp3) is 0.200. The molecule has 1 aromatic carbocycles. The third-order valence-electron chi connectivity index (χ3n) is 1.40. The van der Waals surface area contributed by atoms with Crippen LogP contribution in [0.4, 0.5) is 0 Å². The molecule has 0 aliphatic heterocycles. The molecule has 0 aromatic heterocycles. The van der Waals surface area contributed by atoms with Crippen molar-refractivity contribution < 1.29 is 0 Å². The van der Waals surface area contributed by atoms with E-state index >= 15 is 0 Å². The summed E-state index contributed by atoms with van der Waals surface area (Å²) in [5.74, 6) is 2.25. The lowest BCUT2D eigenvalue weighted by atomic mass is 10.2. The largest absolute Gasteiger partial charge is 0.0987 e. The zero-order valence-electron chi connectivity index (χ0n) is 6.75. The summed E-state index contributed by atoms with van der Waals surface area (Å²) >= 11 is 0. The second-order valence-electron chi connectivity index (χ2n) is 2.30. The van der Waals surface area contributed by atoms with Crippen molar-refractivity contribution in [3.63, 3.8) is 0 Å². The molecule has 1 unspecified atom stereocenters. The molecule has 1 rings (SSSR count). The quantitative estimate of drug-likeness (QED) is 0.601. The van der Waals surface area contributed by atoms with Gasteiger partial charge in [0.2, 0.25) is 0 Å². The van der Waals surface area contributed by atoms with Crippen LogP contribution in [0.1, 0.15) is 12.5 Å². The lowest BCUT2D eigenvalue weighted by Gasteiger charge is -1.89. The Morgan fingerprint density at radius 1 is 1.27 bits per heavy atom. The van der Waals surface area contributed by atoms with E-state index in [-0.39, 0.29) is 0 Å². The number of rotatable bonds is 3. The van der Waals surface area contributed by atoms with Gasteiger partial charge in [0.25, 0.3) is 0 Å². The summed E-state index contributed by atoms with van der Waals surface area (Å²) in [5.41, 5.74) is 1.30. The molecule has 1 heteroatoms. The Morgan fingerprint density at radius 3 is 2.64 bits per heavy atom. The maximum absolute atomic E-state index is 2.25. The van der Waals surface area contributed by atoms with Crippen molar-refractivity contribution in [2.75, 3.05) is 6.16 Å². The van der Waals surface area contributed by atoms with Crippen LogP contribution >= 0.6 is 8.58 Å². The molecule has 0 spiro atoms. The predicted molar refractivity (Wildman–Crippen MR) is 54.3 cm³/mol. The Bertz CT molecular complexity index is 214. The summed E-state index contributed by atoms with van der Waals surface area (Å²) in [4.78, 5) is 0. The van der Waals surface area contributed by atoms with E-state index in [0.29, 0.717) is 0 Å². The highest BCUT2D eigenvalue weighted by Crippen LogP contribution is 2.12. The minimum atomic E-state index is 0.960. The summed E-state index contributed by atoms with van der Waals surface area (Å²) in [6.07, 6.45) is 3.44. The molecule has 0 fully saturated rings. The maximum atomic E-state index is 2.25. The Kier molecular flexibility index (Phi) is 3.93. The van der Waals surface area contributed by atoms with Gasteiger partial charge >= 0.3 is 0 Å². The molecule has 11 heavy (non-hydrogen) atoms. The highest BCUT2D eigenvalue weighted by Gasteiger charge is 1.80. The first kappa shape index (κ1) is 8.49. The van der Waals surface area contributed by atoms with Crippen LogP contribution in [0.15, 0.2) is 36.1 Å². The lowest BCUT2D eigenvalue weighted by molar-refractivity contribution is 1.52. The average Bonchev–Trinajstić information content (AvgIpc) is 2.07. The van der Waals surface area contributed by atoms with Crippen molar-refractivity contribution in [3.8, 4) is 0 Å². The van der Waals surface area contributed by atoms with Crippen LogP contribution in [0.5, 0.6) is 0 Å². The molecule has 0 heterocycles. The monoisotopic (exact) mass is 164 g/mol. The standard InChI is InChI=1S/C10H13P/c1-2-11-9-8-10-6-4-3-5-7-10/h3-9,11H,2H2,1H3. The van der Waals surface area contributed by atoms with E-state index in [2.05, 4.69) is 43.1 Å². The van der Waals surface area contributed by atoms with Crippen LogP contribution in [0, 0.1) is 0 Å². The van der Waals surface area contributed by atoms with E-state index in [0.717, 1.165) is 8.58 Å². The molecule has 0 aliphatic carbocycles. The molecule has 58 valence electrons. The summed E-state index contributed by atoms with van der Waals surface area (Å²) in [6, 6.07) is 10.4. The van der Waals surface area contributed by atoms with Gasteiger partial charge in [0.05, 0.1) is 0 Å². The van der Waals surface area contributed by atoms with Gasteiger partial charge in [0.15, 0.2) is 0 Å². The molecule has 0 saturated heterocycles. The van der Waals surface area contributed by atoms with Gasteiger partial charge < -0.3 is 0 Å². The first-order chi connectivity index (χ1) is 5.43. The zero-order chi connectivity index (χ0) is 7.94. The molecule has 0 N–H and O–H groups in total. The molecular weight excluding hydrogens is 151 g/mol. The van der Waals surface area contributed by atoms with Crippen molar-refractivity contribution in [1.82, 2.24) is 0 Å². The molecule has 0 bridgehead atoms. The van der Waals surface area contributed by atoms with Crippen molar-refractivity contribution in [1.29, 1.82) is 0 Å². The molecule has 0 nitrogen and oxygen atoms in total. The number of hydrogen-bond donors (Lipinski definition) is 0. The Morgan fingerprint density at radius 2 is 2.00 bits per heavy atom. The van der Waals surface area contributed by atoms with Crippen LogP contribution < -0.4 is 0 Å². The molecule has 0 radical (unpaired) electrons. The van der Waals surface area contributed by atoms with Crippen molar-refractivity contribution in [3.05, 3.63) is 41.7 Å². The van der Waals surface area contributed by atoms with E-state index < -0.39 is 0 Å². The number of hydrogen-bond acceptors (Lipinski definition) is 0. The molecule has 0 aliphatic rings. The predicted octanol–water partition coefficient (Wildman–Crippen LogP) is 3.36. The Balaban J connectivity index is 2.50. The van der Waals surface area contributed by atoms with Gasteiger partial charge in [-0.15, -0.1) is 0 Å². The van der Waals surface area contributed by atoms with Crippen LogP contribution in [0.3, 0.4) is 0 Å². The fourth-order valence-corrected chi connectivity index (χ4v) is 1.38. The second-order valence-corrected chi connectivity index (χ2v) is 3.75. The SMILES string of the molecule is CCPC=Cc1ccccc1. The van der Waals surface area contributed by atoms with Crippen molar-refractivity contribution in [2.24, 2.45) is 0 Å². The van der Waals surface area contributed by atoms with Gasteiger partial charge in [-0.2, -0.15) is 0 Å². The third kappa shape index (κ3) is 3.34. The van der Waals surface area contributed by atoms with E-state index in [1.165, 1.54) is 11.7 Å². The molecule has 0 saturated carbocycles. The van der Waals surface area contributed by atoms with E-state index in [9.17, 15) is 0 Å². The Labute approximate surface area is 70.1 Å². The van der Waals surface area contributed by atoms with Gasteiger partial charge in [-0.3, -0.25) is 0 Å². The number of benzene rings is 1. The topological polar surface area (TPSA) is 0 Å². The van der Waals surface area contributed by atoms with Gasteiger partial charge in [0, 0.05) is 0 Å². The zero-order valence-corrected chi connectivity index (χ0v) is 7.75. The Hall–Kier alpha value is -0.610. The van der Waals surface area contributed by atoms with Crippen LogP contribution in [-0.2, 0) is 0 Å². The van der Waals surface area contributed by atoms with E-state index in [1.54, 1.807) is 0 Å². The van der Waals surface area contributed by atoms with Crippen molar-refractivity contribution >= 4 is 14.7 Å². The molecule has 1 aromatic rings. The van der Waals surface area contributed by atoms with E-state index in [1.807, 2.05) is 6.07 Å². The summed E-state index contributed by atoms with van der Waals surface area (Å²) < 4.78 is 0. The smallest absolute Gasteiger partial charge is 0.0256 e. The average molecular weight is 164 g/mol. The van der Waals surface area contributed by atoms with Gasteiger partial charge in [-0.1, -0.05) is 57.7 Å². The van der Waals surface area contributed by atoms with Gasteiger partial charge in [-0.25, -0.2) is 0 Å². The maximum Gasteiger partial charge on any atom is -0.0256 e. The lowest BCUT2D eigenvalue weighted by Crippen LogP contribution is -1.66. The van der Waals surface area contributed by atoms with Gasteiger partial charge in [-0.05, 0) is 11.7 Å². The summed E-state index contributed by atoms with van der Waals surface area (Å²) in [6.45, 7) is 2.20. The second kappa shape index (κ2) is 5.09. The minimum absolute atomic E-state index is 0.960. The highest BCUT2D eigenvalue weighted by atomic mass is 31.1. The first-order valence-corrected chi connectivity index (χ1v) is 5.17. The summed E-state index contributed by atoms with van der Waals surface area (Å²) in [5, 5.41) is 0. The first-order valence-electron chi connectivity index (χ1n) is 3.88. The van der Waals surface area contributed by atoms with E-state index in [4.69, 9.17) is 0 Å². The molecule has 1 atom stereocenters. The van der Waals surface area contributed by atoms with Crippen LogP contribution in [0.25, 0.3) is 6.08 Å². The van der Waals surface area contributed by atoms with Crippen LogP contribution in [0.2, 0.25) is 0 Å². The highest BCUT2D eigenvalue weighted by molar-refractivity contribution is 7.41. The summed E-state index contributed by atoms with van der Waals surface area (Å²) in [7, 11) is 0.960. The fourth-order valence-electron chi connectivity index (χ4n) is 0.837.